The molecule has 1 saturated heterocycles. The smallest absolute Gasteiger partial charge is 0.410 e. The molecule has 0 spiro atoms. The molecular formula is C15H20N2O5S. The normalized spacial score (nSPS) is 18.7. The highest BCUT2D eigenvalue weighted by Gasteiger charge is 2.38. The first-order valence-electron chi connectivity index (χ1n) is 7.23. The van der Waals surface area contributed by atoms with E-state index in [0.717, 1.165) is 0 Å². The van der Waals surface area contributed by atoms with E-state index in [1.54, 1.807) is 37.6 Å². The second-order valence-corrected chi connectivity index (χ2v) is 7.07. The Balaban J connectivity index is 2.11. The monoisotopic (exact) mass is 340 g/mol. The van der Waals surface area contributed by atoms with Gasteiger partial charge < -0.3 is 19.6 Å². The quantitative estimate of drug-likeness (QED) is 0.888. The van der Waals surface area contributed by atoms with E-state index in [1.165, 1.54) is 21.1 Å². The van der Waals surface area contributed by atoms with Gasteiger partial charge in [0.1, 0.15) is 11.6 Å². The minimum atomic E-state index is -1.14. The molecule has 1 N–H and O–H groups in total. The third kappa shape index (κ3) is 4.22. The number of hydrogen-bond acceptors (Lipinski definition) is 5. The van der Waals surface area contributed by atoms with Crippen molar-refractivity contribution in [3.63, 3.8) is 0 Å². The van der Waals surface area contributed by atoms with Crippen molar-refractivity contribution in [2.24, 2.45) is 0 Å². The van der Waals surface area contributed by atoms with Crippen molar-refractivity contribution in [3.05, 3.63) is 22.4 Å². The van der Waals surface area contributed by atoms with Crippen LogP contribution in [0.3, 0.4) is 0 Å². The summed E-state index contributed by atoms with van der Waals surface area (Å²) in [6, 6.07) is 0.579. The van der Waals surface area contributed by atoms with E-state index < -0.39 is 23.7 Å². The number of carboxylic acid groups (broad SMARTS) is 1. The van der Waals surface area contributed by atoms with E-state index in [1.807, 2.05) is 0 Å². The van der Waals surface area contributed by atoms with Gasteiger partial charge in [-0.25, -0.2) is 9.59 Å². The summed E-state index contributed by atoms with van der Waals surface area (Å²) >= 11 is 1.37. The maximum atomic E-state index is 12.4. The number of thiophene rings is 1. The van der Waals surface area contributed by atoms with Gasteiger partial charge in [0.05, 0.1) is 12.1 Å². The van der Waals surface area contributed by atoms with Gasteiger partial charge in [-0.1, -0.05) is 0 Å². The van der Waals surface area contributed by atoms with Gasteiger partial charge in [0, 0.05) is 18.5 Å². The average molecular weight is 340 g/mol. The summed E-state index contributed by atoms with van der Waals surface area (Å²) in [4.78, 5) is 38.7. The van der Waals surface area contributed by atoms with Gasteiger partial charge in [-0.2, -0.15) is 11.3 Å². The Kier molecular flexibility index (Phi) is 4.93. The Morgan fingerprint density at radius 3 is 2.52 bits per heavy atom. The standard InChI is InChI=1S/C15H20N2O5S/c1-15(2,3)22-14(21)16-5-6-17(11(8-16)13(19)20)12(18)10-4-7-23-9-10/h4,7,9,11H,5-6,8H2,1-3H3,(H,19,20)/t11-/m1/s1. The molecule has 23 heavy (non-hydrogen) atoms. The Hall–Kier alpha value is -2.09. The highest BCUT2D eigenvalue weighted by Crippen LogP contribution is 2.18. The fourth-order valence-electron chi connectivity index (χ4n) is 2.28. The topological polar surface area (TPSA) is 87.2 Å². The molecule has 2 amide bonds. The predicted molar refractivity (Wildman–Crippen MR) is 84.6 cm³/mol. The molecule has 1 aliphatic rings. The van der Waals surface area contributed by atoms with Crippen LogP contribution in [0.1, 0.15) is 31.1 Å². The molecule has 1 aromatic heterocycles. The Labute approximate surface area is 138 Å². The zero-order valence-corrected chi connectivity index (χ0v) is 14.1. The van der Waals surface area contributed by atoms with Gasteiger partial charge in [-0.3, -0.25) is 4.79 Å². The molecule has 1 aromatic rings. The molecule has 126 valence electrons. The first-order valence-corrected chi connectivity index (χ1v) is 8.17. The van der Waals surface area contributed by atoms with Crippen LogP contribution in [0.25, 0.3) is 0 Å². The van der Waals surface area contributed by atoms with Crippen molar-refractivity contribution >= 4 is 29.3 Å². The number of carboxylic acids is 1. The Morgan fingerprint density at radius 1 is 1.30 bits per heavy atom. The lowest BCUT2D eigenvalue weighted by Crippen LogP contribution is -2.59. The number of rotatable bonds is 2. The minimum absolute atomic E-state index is 0.0832. The number of nitrogens with zero attached hydrogens (tertiary/aromatic N) is 2. The van der Waals surface area contributed by atoms with E-state index in [9.17, 15) is 19.5 Å². The van der Waals surface area contributed by atoms with Crippen LogP contribution in [0, 0.1) is 0 Å². The first kappa shape index (κ1) is 17.3. The lowest BCUT2D eigenvalue weighted by Gasteiger charge is -2.39. The molecule has 7 nitrogen and oxygen atoms in total. The molecule has 1 atom stereocenters. The number of carbonyl (C=O) groups is 3. The number of ether oxygens (including phenoxy) is 1. The fourth-order valence-corrected chi connectivity index (χ4v) is 2.91. The van der Waals surface area contributed by atoms with Crippen LogP contribution >= 0.6 is 11.3 Å². The Bertz CT molecular complexity index is 594. The van der Waals surface area contributed by atoms with E-state index in [-0.39, 0.29) is 25.5 Å². The summed E-state index contributed by atoms with van der Waals surface area (Å²) in [6.45, 7) is 5.56. The van der Waals surface area contributed by atoms with E-state index in [4.69, 9.17) is 4.74 Å². The van der Waals surface area contributed by atoms with Crippen molar-refractivity contribution in [2.45, 2.75) is 32.4 Å². The summed E-state index contributed by atoms with van der Waals surface area (Å²) in [5.41, 5.74) is -0.189. The van der Waals surface area contributed by atoms with E-state index in [0.29, 0.717) is 5.56 Å². The maximum Gasteiger partial charge on any atom is 0.410 e. The van der Waals surface area contributed by atoms with Gasteiger partial charge in [-0.05, 0) is 32.2 Å². The first-order chi connectivity index (χ1) is 10.7. The summed E-state index contributed by atoms with van der Waals surface area (Å²) in [7, 11) is 0. The van der Waals surface area contributed by atoms with Crippen molar-refractivity contribution in [1.29, 1.82) is 0 Å². The van der Waals surface area contributed by atoms with Crippen LogP contribution in [-0.2, 0) is 9.53 Å². The molecule has 0 aromatic carbocycles. The van der Waals surface area contributed by atoms with Crippen LogP contribution in [0.5, 0.6) is 0 Å². The molecule has 0 radical (unpaired) electrons. The highest BCUT2D eigenvalue weighted by atomic mass is 32.1. The number of hydrogen-bond donors (Lipinski definition) is 1. The fraction of sp³-hybridized carbons (Fsp3) is 0.533. The lowest BCUT2D eigenvalue weighted by atomic mass is 10.1. The van der Waals surface area contributed by atoms with Gasteiger partial charge in [-0.15, -0.1) is 0 Å². The van der Waals surface area contributed by atoms with Crippen LogP contribution in [0.15, 0.2) is 16.8 Å². The second kappa shape index (κ2) is 6.57. The molecule has 1 fully saturated rings. The second-order valence-electron chi connectivity index (χ2n) is 6.29. The molecule has 0 bridgehead atoms. The van der Waals surface area contributed by atoms with E-state index in [2.05, 4.69) is 0 Å². The minimum Gasteiger partial charge on any atom is -0.480 e. The van der Waals surface area contributed by atoms with Gasteiger partial charge in [0.25, 0.3) is 5.91 Å². The lowest BCUT2D eigenvalue weighted by molar-refractivity contribution is -0.144. The van der Waals surface area contributed by atoms with Crippen molar-refractivity contribution in [2.75, 3.05) is 19.6 Å². The molecule has 0 aliphatic carbocycles. The zero-order chi connectivity index (χ0) is 17.2. The van der Waals surface area contributed by atoms with Crippen LogP contribution in [0.4, 0.5) is 4.79 Å². The molecule has 0 saturated carbocycles. The summed E-state index contributed by atoms with van der Waals surface area (Å²) in [5.74, 6) is -1.47. The zero-order valence-electron chi connectivity index (χ0n) is 13.3. The Morgan fingerprint density at radius 2 is 2.00 bits per heavy atom. The average Bonchev–Trinajstić information content (AvgIpc) is 2.98. The van der Waals surface area contributed by atoms with Crippen LogP contribution < -0.4 is 0 Å². The third-order valence-electron chi connectivity index (χ3n) is 3.35. The van der Waals surface area contributed by atoms with Crippen LogP contribution in [-0.4, -0.2) is 64.2 Å². The summed E-state index contributed by atoms with van der Waals surface area (Å²) in [5, 5.41) is 12.9. The molecule has 0 unspecified atom stereocenters. The summed E-state index contributed by atoms with van der Waals surface area (Å²) in [6.07, 6.45) is -0.564. The molecule has 1 aliphatic heterocycles. The SMILES string of the molecule is CC(C)(C)OC(=O)N1CCN(C(=O)c2ccsc2)[C@@H](C(=O)O)C1. The van der Waals surface area contributed by atoms with Crippen LogP contribution in [0.2, 0.25) is 0 Å². The predicted octanol–water partition coefficient (Wildman–Crippen LogP) is 1.89. The number of carbonyl (C=O) groups excluding carboxylic acids is 2. The van der Waals surface area contributed by atoms with Gasteiger partial charge in [0.15, 0.2) is 0 Å². The largest absolute Gasteiger partial charge is 0.480 e. The van der Waals surface area contributed by atoms with Gasteiger partial charge in [0.2, 0.25) is 0 Å². The van der Waals surface area contributed by atoms with Gasteiger partial charge >= 0.3 is 12.1 Å². The molecule has 2 rings (SSSR count). The van der Waals surface area contributed by atoms with Crippen molar-refractivity contribution in [3.8, 4) is 0 Å². The maximum absolute atomic E-state index is 12.4. The van der Waals surface area contributed by atoms with Crippen molar-refractivity contribution in [1.82, 2.24) is 9.80 Å². The highest BCUT2D eigenvalue weighted by molar-refractivity contribution is 7.08. The molecule has 2 heterocycles. The number of amides is 2. The van der Waals surface area contributed by atoms with Crippen molar-refractivity contribution < 1.29 is 24.2 Å². The molecular weight excluding hydrogens is 320 g/mol. The summed E-state index contributed by atoms with van der Waals surface area (Å²) < 4.78 is 5.27. The molecule has 8 heteroatoms. The number of piperazine rings is 1. The van der Waals surface area contributed by atoms with E-state index >= 15 is 0 Å². The third-order valence-corrected chi connectivity index (χ3v) is 4.03. The number of aliphatic carboxylic acids is 1.